The molecule has 3 aliphatic rings. The van der Waals surface area contributed by atoms with Crippen LogP contribution in [0.3, 0.4) is 0 Å². The Balaban J connectivity index is 1.79. The number of hydrogen-bond acceptors (Lipinski definition) is 9. The maximum absolute atomic E-state index is 13.5. The van der Waals surface area contributed by atoms with E-state index in [1.54, 1.807) is 19.1 Å². The summed E-state index contributed by atoms with van der Waals surface area (Å²) in [5, 5.41) is 35.2. The fourth-order valence-corrected chi connectivity index (χ4v) is 6.31. The molecule has 10 heteroatoms. The molecule has 3 rings (SSSR count). The Hall–Kier alpha value is -2.63. The van der Waals surface area contributed by atoms with Gasteiger partial charge in [-0.25, -0.2) is 0 Å². The second kappa shape index (κ2) is 18.5. The van der Waals surface area contributed by atoms with E-state index >= 15 is 0 Å². The number of nitrogens with one attached hydrogen (secondary N) is 1. The van der Waals surface area contributed by atoms with Crippen molar-refractivity contribution >= 4 is 17.5 Å². The summed E-state index contributed by atoms with van der Waals surface area (Å²) in [6.07, 6.45) is 10.5. The Bertz CT molecular complexity index is 1130. The van der Waals surface area contributed by atoms with Crippen LogP contribution in [0.25, 0.3) is 0 Å². The van der Waals surface area contributed by atoms with Crippen LogP contribution in [0.2, 0.25) is 0 Å². The van der Waals surface area contributed by atoms with Crippen LogP contribution in [-0.4, -0.2) is 82.8 Å². The Morgan fingerprint density at radius 3 is 2.53 bits per heavy atom. The van der Waals surface area contributed by atoms with Crippen molar-refractivity contribution in [3.63, 3.8) is 0 Å². The lowest BCUT2D eigenvalue weighted by molar-refractivity contribution is -0.261. The largest absolute Gasteiger partial charge is 0.509 e. The molecule has 0 bridgehead atoms. The van der Waals surface area contributed by atoms with Gasteiger partial charge in [-0.15, -0.1) is 0 Å². The lowest BCUT2D eigenvalue weighted by atomic mass is 9.92. The molecule has 45 heavy (non-hydrogen) atoms. The van der Waals surface area contributed by atoms with Crippen molar-refractivity contribution in [2.75, 3.05) is 7.11 Å². The van der Waals surface area contributed by atoms with Crippen molar-refractivity contribution in [1.82, 2.24) is 5.32 Å². The number of aliphatic hydroxyl groups is 3. The summed E-state index contributed by atoms with van der Waals surface area (Å²) in [6, 6.07) is -0.247. The zero-order chi connectivity index (χ0) is 32.9. The van der Waals surface area contributed by atoms with Gasteiger partial charge in [0.2, 0.25) is 5.91 Å². The molecule has 1 aliphatic carbocycles. The second-order valence-electron chi connectivity index (χ2n) is 12.6. The van der Waals surface area contributed by atoms with Gasteiger partial charge in [0.05, 0.1) is 18.3 Å². The smallest absolute Gasteiger partial charge is 0.244 e. The second-order valence-corrected chi connectivity index (χ2v) is 12.6. The van der Waals surface area contributed by atoms with Gasteiger partial charge < -0.3 is 34.8 Å². The first-order valence-corrected chi connectivity index (χ1v) is 16.5. The normalized spacial score (nSPS) is 32.8. The summed E-state index contributed by atoms with van der Waals surface area (Å²) in [6.45, 7) is 5.72. The highest BCUT2D eigenvalue weighted by Crippen LogP contribution is 2.38. The molecule has 0 aromatic rings. The van der Waals surface area contributed by atoms with Crippen LogP contribution in [0.1, 0.15) is 97.8 Å². The van der Waals surface area contributed by atoms with Crippen molar-refractivity contribution < 1.29 is 43.9 Å². The maximum atomic E-state index is 13.5. The van der Waals surface area contributed by atoms with E-state index in [1.807, 2.05) is 19.1 Å². The summed E-state index contributed by atoms with van der Waals surface area (Å²) in [5.41, 5.74) is 1.00. The molecular formula is C35H53NO9. The van der Waals surface area contributed by atoms with Gasteiger partial charge >= 0.3 is 0 Å². The van der Waals surface area contributed by atoms with E-state index in [2.05, 4.69) is 12.2 Å². The Labute approximate surface area is 267 Å². The van der Waals surface area contributed by atoms with Crippen LogP contribution >= 0.6 is 0 Å². The minimum absolute atomic E-state index is 0.00890. The molecule has 4 N–H and O–H groups in total. The van der Waals surface area contributed by atoms with Gasteiger partial charge in [-0.3, -0.25) is 14.4 Å². The lowest BCUT2D eigenvalue weighted by Gasteiger charge is -2.37. The third-order valence-electron chi connectivity index (χ3n) is 8.81. The van der Waals surface area contributed by atoms with E-state index in [0.717, 1.165) is 37.7 Å². The lowest BCUT2D eigenvalue weighted by Crippen LogP contribution is -2.49. The quantitative estimate of drug-likeness (QED) is 0.280. The van der Waals surface area contributed by atoms with E-state index < -0.39 is 42.7 Å². The van der Waals surface area contributed by atoms with Crippen LogP contribution in [0.15, 0.2) is 47.3 Å². The van der Waals surface area contributed by atoms with Crippen molar-refractivity contribution in [1.29, 1.82) is 0 Å². The topological polar surface area (TPSA) is 152 Å². The van der Waals surface area contributed by atoms with E-state index in [9.17, 15) is 29.7 Å². The SMILES string of the molecule is CCCCCCC1CC(=O)CCCC(O)CC(=O)C2=C(O)C(OC3CC(OC)C(O)C(C)O3)CC2C=C(C)C=CC=CC(=O)N1. The Kier molecular flexibility index (Phi) is 15.1. The van der Waals surface area contributed by atoms with Gasteiger partial charge in [0.1, 0.15) is 23.8 Å². The summed E-state index contributed by atoms with van der Waals surface area (Å²) in [5.74, 6) is -1.30. The van der Waals surface area contributed by atoms with Gasteiger partial charge in [0.25, 0.3) is 0 Å². The minimum Gasteiger partial charge on any atom is -0.509 e. The first-order chi connectivity index (χ1) is 21.5. The van der Waals surface area contributed by atoms with E-state index in [-0.39, 0.29) is 73.4 Å². The number of rotatable bonds is 8. The molecule has 1 amide bonds. The Morgan fingerprint density at radius 2 is 1.80 bits per heavy atom. The van der Waals surface area contributed by atoms with Crippen molar-refractivity contribution in [2.45, 2.75) is 141 Å². The highest BCUT2D eigenvalue weighted by Gasteiger charge is 2.42. The van der Waals surface area contributed by atoms with Crippen LogP contribution < -0.4 is 5.32 Å². The number of fused-ring (bicyclic) bond motifs is 1. The molecule has 10 nitrogen and oxygen atoms in total. The fourth-order valence-electron chi connectivity index (χ4n) is 6.31. The van der Waals surface area contributed by atoms with Crippen molar-refractivity contribution in [3.8, 4) is 0 Å². The molecule has 0 radical (unpaired) electrons. The first-order valence-electron chi connectivity index (χ1n) is 16.5. The van der Waals surface area contributed by atoms with Crippen LogP contribution in [0, 0.1) is 5.92 Å². The molecule has 8 atom stereocenters. The predicted molar refractivity (Wildman–Crippen MR) is 170 cm³/mol. The minimum atomic E-state index is -0.974. The number of methoxy groups -OCH3 is 1. The zero-order valence-corrected chi connectivity index (χ0v) is 27.3. The predicted octanol–water partition coefficient (Wildman–Crippen LogP) is 4.69. The molecule has 0 spiro atoms. The van der Waals surface area contributed by atoms with E-state index in [1.165, 1.54) is 13.2 Å². The standard InChI is InChI=1S/C35H53NO9/c1-5-6-7-8-13-25-19-26(37)14-11-15-27(38)20-28(39)33-24(17-22(2)12-9-10-16-31(40)36-25)18-30(35(33)42)45-32-21-29(43-4)34(41)23(3)44-32/h9-10,12,16-17,23-25,27,29-30,32,34,38,41-42H,5-8,11,13-15,18-21H2,1-4H3,(H,36,40). The number of unbranched alkanes of at least 4 members (excludes halogenated alkanes) is 3. The van der Waals surface area contributed by atoms with Gasteiger partial charge in [-0.1, -0.05) is 62.5 Å². The third-order valence-corrected chi connectivity index (χ3v) is 8.81. The molecule has 0 aromatic heterocycles. The highest BCUT2D eigenvalue weighted by atomic mass is 16.7. The third kappa shape index (κ3) is 11.6. The maximum Gasteiger partial charge on any atom is 0.244 e. The first kappa shape index (κ1) is 36.8. The van der Waals surface area contributed by atoms with E-state index in [0.29, 0.717) is 6.42 Å². The summed E-state index contributed by atoms with van der Waals surface area (Å²) < 4.78 is 17.3. The van der Waals surface area contributed by atoms with Gasteiger partial charge in [0.15, 0.2) is 12.1 Å². The number of hydrogen-bond donors (Lipinski definition) is 4. The number of amides is 1. The molecular weight excluding hydrogens is 578 g/mol. The molecule has 0 aromatic carbocycles. The zero-order valence-electron chi connectivity index (χ0n) is 27.3. The molecule has 252 valence electrons. The molecule has 2 aliphatic heterocycles. The number of Topliss-reactive ketones (excluding diaryl/α,β-unsaturated/α-hetero) is 2. The molecule has 8 unspecified atom stereocenters. The average Bonchev–Trinajstić information content (AvgIpc) is 3.28. The number of carbonyl (C=O) groups excluding carboxylic acids is 3. The fraction of sp³-hybridized carbons (Fsp3) is 0.686. The summed E-state index contributed by atoms with van der Waals surface area (Å²) >= 11 is 0. The average molecular weight is 632 g/mol. The number of carbonyl (C=O) groups is 3. The summed E-state index contributed by atoms with van der Waals surface area (Å²) in [4.78, 5) is 38.9. The number of ketones is 2. The highest BCUT2D eigenvalue weighted by molar-refractivity contribution is 5.97. The molecule has 1 saturated heterocycles. The van der Waals surface area contributed by atoms with Gasteiger partial charge in [0, 0.05) is 56.4 Å². The van der Waals surface area contributed by atoms with Gasteiger partial charge in [-0.05, 0) is 39.5 Å². The van der Waals surface area contributed by atoms with Crippen molar-refractivity contribution in [3.05, 3.63) is 47.3 Å². The van der Waals surface area contributed by atoms with Crippen molar-refractivity contribution in [2.24, 2.45) is 5.92 Å². The van der Waals surface area contributed by atoms with Crippen LogP contribution in [0.4, 0.5) is 0 Å². The molecule has 2 heterocycles. The van der Waals surface area contributed by atoms with Crippen LogP contribution in [0.5, 0.6) is 0 Å². The monoisotopic (exact) mass is 631 g/mol. The van der Waals surface area contributed by atoms with Gasteiger partial charge in [-0.2, -0.15) is 0 Å². The summed E-state index contributed by atoms with van der Waals surface area (Å²) in [7, 11) is 1.50. The number of allylic oxidation sites excluding steroid dienone is 6. The molecule has 0 saturated carbocycles. The Morgan fingerprint density at radius 1 is 1.04 bits per heavy atom. The number of ether oxygens (including phenoxy) is 3. The van der Waals surface area contributed by atoms with Crippen LogP contribution in [-0.2, 0) is 28.6 Å². The number of aliphatic hydroxyl groups excluding tert-OH is 3. The molecule has 1 fully saturated rings. The van der Waals surface area contributed by atoms with E-state index in [4.69, 9.17) is 14.2 Å².